The minimum absolute atomic E-state index is 0.184. The Morgan fingerprint density at radius 3 is 2.26 bits per heavy atom. The van der Waals surface area contributed by atoms with Gasteiger partial charge in [-0.05, 0) is 59.4 Å². The van der Waals surface area contributed by atoms with Crippen molar-refractivity contribution in [2.24, 2.45) is 5.73 Å². The highest BCUT2D eigenvalue weighted by molar-refractivity contribution is 6.29. The summed E-state index contributed by atoms with van der Waals surface area (Å²) in [7, 11) is 0. The molecule has 0 spiro atoms. The number of aryl methyl sites for hydroxylation is 1. The van der Waals surface area contributed by atoms with Gasteiger partial charge in [-0.25, -0.2) is 14.8 Å². The lowest BCUT2D eigenvalue weighted by Crippen LogP contribution is -2.44. The molecular weight excluding hydrogens is 364 g/mol. The topological polar surface area (TPSA) is 90.1 Å². The number of nitrogens with zero attached hydrogens (tertiary/aromatic N) is 2. The monoisotopic (exact) mass is 402 g/mol. The molecule has 1 fully saturated rings. The van der Waals surface area contributed by atoms with E-state index in [1.807, 2.05) is 48.5 Å². The summed E-state index contributed by atoms with van der Waals surface area (Å²) in [6.07, 6.45) is 5.31. The number of halogens is 1. The first-order chi connectivity index (χ1) is 12.7. The first-order valence-corrected chi connectivity index (χ1v) is 10.2. The molecule has 1 aliphatic carbocycles. The average Bonchev–Trinajstić information content (AvgIpc) is 2.57. The standard InChI is InChI=1S/C11H22N2O2.C5H5ClN2.2C2H6/c1-11(2,3)15-10(14)13-9-6-4-5-8(12)7-9;1-4-7-3-2-5(6)8-4;2*1-2/h8-9H,4-7,12H2,1-3H3,(H,13,14);2-3H,1H3;2*1-2H3. The SMILES string of the molecule is CC.CC.CC(C)(C)OC(=O)NC1CCCC(N)C1.Cc1nccc(Cl)n1. The van der Waals surface area contributed by atoms with Crippen molar-refractivity contribution in [3.63, 3.8) is 0 Å². The number of rotatable bonds is 1. The van der Waals surface area contributed by atoms with Gasteiger partial charge in [0.25, 0.3) is 0 Å². The second kappa shape index (κ2) is 15.6. The largest absolute Gasteiger partial charge is 0.444 e. The number of nitrogens with two attached hydrogens (primary N) is 1. The van der Waals surface area contributed by atoms with Gasteiger partial charge < -0.3 is 15.8 Å². The molecule has 3 N–H and O–H groups in total. The Bertz CT molecular complexity index is 490. The Hall–Kier alpha value is -1.40. The second-order valence-corrected chi connectivity index (χ2v) is 7.08. The van der Waals surface area contributed by atoms with Crippen LogP contribution in [0.25, 0.3) is 0 Å². The molecule has 2 rings (SSSR count). The smallest absolute Gasteiger partial charge is 0.407 e. The van der Waals surface area contributed by atoms with E-state index in [0.29, 0.717) is 11.0 Å². The highest BCUT2D eigenvalue weighted by Crippen LogP contribution is 2.17. The molecule has 2 atom stereocenters. The molecule has 1 aromatic heterocycles. The van der Waals surface area contributed by atoms with Gasteiger partial charge in [0.15, 0.2) is 0 Å². The second-order valence-electron chi connectivity index (χ2n) is 6.70. The highest BCUT2D eigenvalue weighted by Gasteiger charge is 2.23. The van der Waals surface area contributed by atoms with Crippen molar-refractivity contribution in [1.29, 1.82) is 0 Å². The normalized spacial score (nSPS) is 18.3. The third-order valence-electron chi connectivity index (χ3n) is 3.18. The van der Waals surface area contributed by atoms with Crippen LogP contribution >= 0.6 is 11.6 Å². The predicted molar refractivity (Wildman–Crippen MR) is 114 cm³/mol. The summed E-state index contributed by atoms with van der Waals surface area (Å²) in [6.45, 7) is 15.4. The maximum absolute atomic E-state index is 11.5. The first kappa shape index (κ1) is 27.8. The molecule has 0 aromatic carbocycles. The lowest BCUT2D eigenvalue weighted by atomic mass is 9.92. The summed E-state index contributed by atoms with van der Waals surface area (Å²) in [5, 5.41) is 3.36. The first-order valence-electron chi connectivity index (χ1n) is 9.86. The van der Waals surface area contributed by atoms with E-state index in [2.05, 4.69) is 15.3 Å². The van der Waals surface area contributed by atoms with Gasteiger partial charge in [0, 0.05) is 18.3 Å². The van der Waals surface area contributed by atoms with E-state index < -0.39 is 5.60 Å². The number of alkyl carbamates (subject to hydrolysis) is 1. The van der Waals surface area contributed by atoms with E-state index in [1.165, 1.54) is 0 Å². The molecule has 158 valence electrons. The maximum atomic E-state index is 11.5. The van der Waals surface area contributed by atoms with Crippen LogP contribution in [0.4, 0.5) is 4.79 Å². The van der Waals surface area contributed by atoms with Crippen LogP contribution in [-0.4, -0.2) is 33.7 Å². The molecule has 6 nitrogen and oxygen atoms in total. The van der Waals surface area contributed by atoms with Crippen molar-refractivity contribution >= 4 is 17.7 Å². The van der Waals surface area contributed by atoms with Gasteiger partial charge in [-0.1, -0.05) is 39.3 Å². The molecule has 7 heteroatoms. The average molecular weight is 403 g/mol. The number of carbonyl (C=O) groups is 1. The van der Waals surface area contributed by atoms with Crippen LogP contribution in [0.5, 0.6) is 0 Å². The molecule has 1 aromatic rings. The van der Waals surface area contributed by atoms with E-state index in [1.54, 1.807) is 19.2 Å². The van der Waals surface area contributed by atoms with E-state index in [4.69, 9.17) is 22.1 Å². The van der Waals surface area contributed by atoms with Crippen LogP contribution in [-0.2, 0) is 4.74 Å². The fourth-order valence-electron chi connectivity index (χ4n) is 2.26. The molecule has 2 unspecified atom stereocenters. The van der Waals surface area contributed by atoms with Crippen molar-refractivity contribution in [3.8, 4) is 0 Å². The molecule has 1 saturated carbocycles. The van der Waals surface area contributed by atoms with Crippen LogP contribution in [0, 0.1) is 6.92 Å². The Morgan fingerprint density at radius 1 is 1.26 bits per heavy atom. The van der Waals surface area contributed by atoms with Gasteiger partial charge in [0.2, 0.25) is 0 Å². The van der Waals surface area contributed by atoms with Gasteiger partial charge >= 0.3 is 6.09 Å². The minimum atomic E-state index is -0.430. The maximum Gasteiger partial charge on any atom is 0.407 e. The number of amides is 1. The van der Waals surface area contributed by atoms with E-state index in [0.717, 1.165) is 25.7 Å². The lowest BCUT2D eigenvalue weighted by Gasteiger charge is -2.28. The molecule has 1 aliphatic rings. The van der Waals surface area contributed by atoms with E-state index >= 15 is 0 Å². The Labute approximate surface area is 170 Å². The molecule has 0 radical (unpaired) electrons. The van der Waals surface area contributed by atoms with Crippen molar-refractivity contribution < 1.29 is 9.53 Å². The van der Waals surface area contributed by atoms with Crippen LogP contribution in [0.1, 0.15) is 80.0 Å². The van der Waals surface area contributed by atoms with Crippen molar-refractivity contribution in [2.45, 2.75) is 98.8 Å². The summed E-state index contributed by atoms with van der Waals surface area (Å²) in [5.74, 6) is 0.706. The number of aromatic nitrogens is 2. The zero-order valence-electron chi connectivity index (χ0n) is 18.3. The number of hydrogen-bond donors (Lipinski definition) is 2. The van der Waals surface area contributed by atoms with Gasteiger partial charge in [0.05, 0.1) is 0 Å². The minimum Gasteiger partial charge on any atom is -0.444 e. The van der Waals surface area contributed by atoms with Crippen molar-refractivity contribution in [1.82, 2.24) is 15.3 Å². The van der Waals surface area contributed by atoms with Crippen LogP contribution < -0.4 is 11.1 Å². The van der Waals surface area contributed by atoms with Gasteiger partial charge in [-0.2, -0.15) is 0 Å². The van der Waals surface area contributed by atoms with Crippen LogP contribution in [0.3, 0.4) is 0 Å². The van der Waals surface area contributed by atoms with Crippen LogP contribution in [0.2, 0.25) is 5.15 Å². The third-order valence-corrected chi connectivity index (χ3v) is 3.39. The van der Waals surface area contributed by atoms with Crippen molar-refractivity contribution in [3.05, 3.63) is 23.2 Å². The summed E-state index contributed by atoms with van der Waals surface area (Å²) >= 11 is 5.49. The summed E-state index contributed by atoms with van der Waals surface area (Å²) in [5.41, 5.74) is 5.41. The Morgan fingerprint density at radius 2 is 1.85 bits per heavy atom. The lowest BCUT2D eigenvalue weighted by molar-refractivity contribution is 0.0491. The molecule has 1 heterocycles. The molecule has 0 aliphatic heterocycles. The van der Waals surface area contributed by atoms with Gasteiger partial charge in [-0.3, -0.25) is 0 Å². The fourth-order valence-corrected chi connectivity index (χ4v) is 2.44. The van der Waals surface area contributed by atoms with Crippen LogP contribution in [0.15, 0.2) is 12.3 Å². The zero-order valence-corrected chi connectivity index (χ0v) is 19.1. The quantitative estimate of drug-likeness (QED) is 0.624. The summed E-state index contributed by atoms with van der Waals surface area (Å²) in [4.78, 5) is 19.1. The Balaban J connectivity index is 0. The Kier molecular flexibility index (Phi) is 16.1. The molecule has 0 saturated heterocycles. The van der Waals surface area contributed by atoms with Crippen molar-refractivity contribution in [2.75, 3.05) is 0 Å². The summed E-state index contributed by atoms with van der Waals surface area (Å²) in [6, 6.07) is 2.05. The number of nitrogens with one attached hydrogen (secondary N) is 1. The zero-order chi connectivity index (χ0) is 21.5. The van der Waals surface area contributed by atoms with Gasteiger partial charge in [-0.15, -0.1) is 0 Å². The highest BCUT2D eigenvalue weighted by atomic mass is 35.5. The molecule has 0 bridgehead atoms. The van der Waals surface area contributed by atoms with E-state index in [9.17, 15) is 4.79 Å². The number of hydrogen-bond acceptors (Lipinski definition) is 5. The molecule has 1 amide bonds. The third kappa shape index (κ3) is 16.5. The molecule has 27 heavy (non-hydrogen) atoms. The number of carbonyl (C=O) groups excluding carboxylic acids is 1. The predicted octanol–water partition coefficient (Wildman–Crippen LogP) is 5.27. The molecular formula is C20H39ClN4O2. The fraction of sp³-hybridized carbons (Fsp3) is 0.750. The number of ether oxygens (including phenoxy) is 1. The summed E-state index contributed by atoms with van der Waals surface area (Å²) < 4.78 is 5.18. The van der Waals surface area contributed by atoms with E-state index in [-0.39, 0.29) is 18.2 Å². The van der Waals surface area contributed by atoms with Gasteiger partial charge in [0.1, 0.15) is 16.6 Å².